The van der Waals surface area contributed by atoms with Crippen molar-refractivity contribution in [1.29, 1.82) is 0 Å². The quantitative estimate of drug-likeness (QED) is 0.903. The van der Waals surface area contributed by atoms with E-state index in [0.29, 0.717) is 6.54 Å². The summed E-state index contributed by atoms with van der Waals surface area (Å²) in [5.41, 5.74) is 6.48. The summed E-state index contributed by atoms with van der Waals surface area (Å²) < 4.78 is 12.9. The van der Waals surface area contributed by atoms with E-state index >= 15 is 0 Å². The minimum Gasteiger partial charge on any atom is -0.368 e. The van der Waals surface area contributed by atoms with Gasteiger partial charge in [0, 0.05) is 38.4 Å². The van der Waals surface area contributed by atoms with E-state index < -0.39 is 0 Å². The van der Waals surface area contributed by atoms with Crippen molar-refractivity contribution >= 4 is 11.6 Å². The fourth-order valence-corrected chi connectivity index (χ4v) is 2.81. The second-order valence-electron chi connectivity index (χ2n) is 5.74. The zero-order chi connectivity index (χ0) is 14.2. The Morgan fingerprint density at radius 2 is 1.75 bits per heavy atom. The Balaban J connectivity index is 1.59. The number of rotatable bonds is 3. The summed E-state index contributed by atoms with van der Waals surface area (Å²) in [4.78, 5) is 16.5. The van der Waals surface area contributed by atoms with E-state index in [1.165, 1.54) is 12.1 Å². The number of hydrogen-bond acceptors (Lipinski definition) is 3. The molecule has 108 valence electrons. The molecule has 2 aliphatic rings. The average molecular weight is 277 g/mol. The van der Waals surface area contributed by atoms with Gasteiger partial charge in [-0.2, -0.15) is 0 Å². The average Bonchev–Trinajstić information content (AvgIpc) is 3.29. The molecule has 1 heterocycles. The molecule has 0 radical (unpaired) electrons. The van der Waals surface area contributed by atoms with Crippen molar-refractivity contribution < 1.29 is 9.18 Å². The molecule has 1 aromatic rings. The first-order chi connectivity index (χ1) is 9.64. The van der Waals surface area contributed by atoms with Crippen LogP contribution in [0.2, 0.25) is 0 Å². The lowest BCUT2D eigenvalue weighted by Gasteiger charge is -2.37. The van der Waals surface area contributed by atoms with Crippen LogP contribution in [0.15, 0.2) is 24.3 Å². The third-order valence-electron chi connectivity index (χ3n) is 4.46. The summed E-state index contributed by atoms with van der Waals surface area (Å²) in [6.45, 7) is 3.48. The van der Waals surface area contributed by atoms with Crippen molar-refractivity contribution in [2.45, 2.75) is 12.8 Å². The van der Waals surface area contributed by atoms with E-state index in [1.807, 2.05) is 4.90 Å². The molecule has 0 unspecified atom stereocenters. The molecule has 2 N–H and O–H groups in total. The van der Waals surface area contributed by atoms with Crippen molar-refractivity contribution in [3.8, 4) is 0 Å². The largest absolute Gasteiger partial charge is 0.368 e. The highest BCUT2D eigenvalue weighted by molar-refractivity contribution is 5.86. The van der Waals surface area contributed by atoms with Crippen LogP contribution >= 0.6 is 0 Å². The fourth-order valence-electron chi connectivity index (χ4n) is 2.81. The van der Waals surface area contributed by atoms with Gasteiger partial charge in [-0.1, -0.05) is 0 Å². The summed E-state index contributed by atoms with van der Waals surface area (Å²) in [6.07, 6.45) is 1.86. The number of hydrogen-bond donors (Lipinski definition) is 1. The third-order valence-corrected chi connectivity index (χ3v) is 4.46. The number of carbonyl (C=O) groups is 1. The Hall–Kier alpha value is -1.62. The number of benzene rings is 1. The van der Waals surface area contributed by atoms with Crippen molar-refractivity contribution in [3.05, 3.63) is 30.1 Å². The maximum Gasteiger partial charge on any atom is 0.230 e. The van der Waals surface area contributed by atoms with E-state index in [9.17, 15) is 9.18 Å². The van der Waals surface area contributed by atoms with Gasteiger partial charge in [0.2, 0.25) is 5.91 Å². The molecular formula is C15H20FN3O. The van der Waals surface area contributed by atoms with Crippen LogP contribution in [-0.2, 0) is 4.79 Å². The molecule has 4 nitrogen and oxygen atoms in total. The van der Waals surface area contributed by atoms with Crippen LogP contribution in [-0.4, -0.2) is 43.5 Å². The highest BCUT2D eigenvalue weighted by atomic mass is 19.1. The predicted molar refractivity (Wildman–Crippen MR) is 75.9 cm³/mol. The Kier molecular flexibility index (Phi) is 3.38. The lowest BCUT2D eigenvalue weighted by molar-refractivity contribution is -0.136. The van der Waals surface area contributed by atoms with E-state index in [2.05, 4.69) is 4.90 Å². The maximum atomic E-state index is 12.9. The van der Waals surface area contributed by atoms with Crippen LogP contribution in [0.25, 0.3) is 0 Å². The third kappa shape index (κ3) is 2.38. The van der Waals surface area contributed by atoms with Gasteiger partial charge in [0.15, 0.2) is 0 Å². The minimum atomic E-state index is -0.252. The van der Waals surface area contributed by atoms with Gasteiger partial charge in [-0.3, -0.25) is 4.79 Å². The fraction of sp³-hybridized carbons (Fsp3) is 0.533. The molecule has 0 atom stereocenters. The zero-order valence-electron chi connectivity index (χ0n) is 11.5. The molecule has 2 fully saturated rings. The molecule has 1 aromatic carbocycles. The van der Waals surface area contributed by atoms with Crippen molar-refractivity contribution in [1.82, 2.24) is 4.90 Å². The predicted octanol–water partition coefficient (Wildman–Crippen LogP) is 1.21. The number of nitrogens with two attached hydrogens (primary N) is 1. The number of nitrogens with zero attached hydrogens (tertiary/aromatic N) is 2. The maximum absolute atomic E-state index is 12.9. The Morgan fingerprint density at radius 3 is 2.25 bits per heavy atom. The van der Waals surface area contributed by atoms with E-state index in [4.69, 9.17) is 5.73 Å². The van der Waals surface area contributed by atoms with E-state index in [1.54, 1.807) is 12.1 Å². The lowest BCUT2D eigenvalue weighted by Crippen LogP contribution is -2.51. The zero-order valence-corrected chi connectivity index (χ0v) is 11.5. The standard InChI is InChI=1S/C15H20FN3O/c16-12-1-3-13(4-2-12)18-7-9-19(10-8-18)14(20)15(11-17)5-6-15/h1-4H,5-11,17H2. The van der Waals surface area contributed by atoms with Gasteiger partial charge >= 0.3 is 0 Å². The van der Waals surface area contributed by atoms with Gasteiger partial charge in [0.05, 0.1) is 5.41 Å². The Morgan fingerprint density at radius 1 is 1.15 bits per heavy atom. The minimum absolute atomic E-state index is 0.221. The number of halogens is 1. The van der Waals surface area contributed by atoms with Gasteiger partial charge < -0.3 is 15.5 Å². The van der Waals surface area contributed by atoms with Gasteiger partial charge in [-0.15, -0.1) is 0 Å². The molecule has 1 amide bonds. The second kappa shape index (κ2) is 5.05. The van der Waals surface area contributed by atoms with E-state index in [-0.39, 0.29) is 17.1 Å². The number of anilines is 1. The van der Waals surface area contributed by atoms with Crippen LogP contribution in [0, 0.1) is 11.2 Å². The van der Waals surface area contributed by atoms with Crippen molar-refractivity contribution in [3.63, 3.8) is 0 Å². The first-order valence-electron chi connectivity index (χ1n) is 7.15. The molecule has 5 heteroatoms. The first-order valence-corrected chi connectivity index (χ1v) is 7.15. The molecule has 1 saturated carbocycles. The number of piperazine rings is 1. The molecular weight excluding hydrogens is 257 g/mol. The summed E-state index contributed by atoms with van der Waals surface area (Å²) in [5.74, 6) is -0.0000547. The first kappa shape index (κ1) is 13.4. The number of amides is 1. The lowest BCUT2D eigenvalue weighted by atomic mass is 10.1. The summed E-state index contributed by atoms with van der Waals surface area (Å²) >= 11 is 0. The van der Waals surface area contributed by atoms with Crippen LogP contribution in [0.5, 0.6) is 0 Å². The van der Waals surface area contributed by atoms with E-state index in [0.717, 1.165) is 44.7 Å². The topological polar surface area (TPSA) is 49.6 Å². The molecule has 20 heavy (non-hydrogen) atoms. The van der Waals surface area contributed by atoms with Crippen LogP contribution in [0.4, 0.5) is 10.1 Å². The highest BCUT2D eigenvalue weighted by Crippen LogP contribution is 2.46. The van der Waals surface area contributed by atoms with Crippen molar-refractivity contribution in [2.75, 3.05) is 37.6 Å². The SMILES string of the molecule is NCC1(C(=O)N2CCN(c3ccc(F)cc3)CC2)CC1. The van der Waals surface area contributed by atoms with Crippen LogP contribution < -0.4 is 10.6 Å². The van der Waals surface area contributed by atoms with Gasteiger partial charge in [0.25, 0.3) is 0 Å². The highest BCUT2D eigenvalue weighted by Gasteiger charge is 2.50. The van der Waals surface area contributed by atoms with Crippen LogP contribution in [0.1, 0.15) is 12.8 Å². The molecule has 0 aromatic heterocycles. The Bertz CT molecular complexity index is 490. The van der Waals surface area contributed by atoms with Crippen LogP contribution in [0.3, 0.4) is 0 Å². The second-order valence-corrected chi connectivity index (χ2v) is 5.74. The molecule has 0 spiro atoms. The molecule has 3 rings (SSSR count). The summed E-state index contributed by atoms with van der Waals surface area (Å²) in [6, 6.07) is 6.52. The monoisotopic (exact) mass is 277 g/mol. The van der Waals surface area contributed by atoms with Gasteiger partial charge in [0.1, 0.15) is 5.82 Å². The van der Waals surface area contributed by atoms with Crippen molar-refractivity contribution in [2.24, 2.45) is 11.1 Å². The summed E-state index contributed by atoms with van der Waals surface area (Å²) in [5, 5.41) is 0. The smallest absolute Gasteiger partial charge is 0.230 e. The van der Waals surface area contributed by atoms with Gasteiger partial charge in [-0.05, 0) is 37.1 Å². The Labute approximate surface area is 118 Å². The normalized spacial score (nSPS) is 20.9. The molecule has 1 saturated heterocycles. The molecule has 1 aliphatic heterocycles. The number of carbonyl (C=O) groups excluding carboxylic acids is 1. The molecule has 0 bridgehead atoms. The van der Waals surface area contributed by atoms with Gasteiger partial charge in [-0.25, -0.2) is 4.39 Å². The summed E-state index contributed by atoms with van der Waals surface area (Å²) in [7, 11) is 0. The molecule has 1 aliphatic carbocycles.